The van der Waals surface area contributed by atoms with E-state index in [1.54, 1.807) is 11.0 Å². The third kappa shape index (κ3) is 3.13. The number of methoxy groups -OCH3 is 1. The fraction of sp³-hybridized carbons (Fsp3) is 0.333. The summed E-state index contributed by atoms with van der Waals surface area (Å²) in [7, 11) is -2.61. The van der Waals surface area contributed by atoms with Crippen molar-refractivity contribution in [1.82, 2.24) is 9.88 Å². The number of benzene rings is 1. The fourth-order valence-electron chi connectivity index (χ4n) is 2.61. The topological polar surface area (TPSA) is 116 Å². The summed E-state index contributed by atoms with van der Waals surface area (Å²) < 4.78 is 33.9. The number of likely N-dealkylation sites (tertiary alicyclic amines) is 1. The highest BCUT2D eigenvalue weighted by Gasteiger charge is 2.24. The SMILES string of the molecule is COc1ccc(-c2cnc(C(=O)N3CCCC3)o2)cc1S(N)(=O)=O. The summed E-state index contributed by atoms with van der Waals surface area (Å²) in [6.07, 6.45) is 3.32. The molecule has 0 radical (unpaired) electrons. The van der Waals surface area contributed by atoms with Crippen LogP contribution in [0.4, 0.5) is 0 Å². The van der Waals surface area contributed by atoms with Crippen molar-refractivity contribution >= 4 is 15.9 Å². The van der Waals surface area contributed by atoms with Crippen molar-refractivity contribution in [2.24, 2.45) is 5.14 Å². The maximum atomic E-state index is 12.3. The number of nitrogens with zero attached hydrogens (tertiary/aromatic N) is 2. The molecule has 1 amide bonds. The van der Waals surface area contributed by atoms with Gasteiger partial charge in [0.05, 0.1) is 13.3 Å². The second-order valence-corrected chi connectivity index (χ2v) is 6.97. The standard InChI is InChI=1S/C15H17N3O5S/c1-22-11-5-4-10(8-13(11)24(16,20)21)12-9-17-14(23-12)15(19)18-6-2-3-7-18/h4-5,8-9H,2-3,6-7H2,1H3,(H2,16,20,21). The van der Waals surface area contributed by atoms with Crippen molar-refractivity contribution in [3.05, 3.63) is 30.3 Å². The van der Waals surface area contributed by atoms with Gasteiger partial charge in [-0.1, -0.05) is 0 Å². The molecule has 24 heavy (non-hydrogen) atoms. The molecule has 3 rings (SSSR count). The van der Waals surface area contributed by atoms with Crippen molar-refractivity contribution in [2.75, 3.05) is 20.2 Å². The van der Waals surface area contributed by atoms with E-state index in [-0.39, 0.29) is 28.2 Å². The number of carbonyl (C=O) groups is 1. The Morgan fingerprint density at radius 1 is 1.33 bits per heavy atom. The van der Waals surface area contributed by atoms with Crippen LogP contribution in [0.15, 0.2) is 33.7 Å². The monoisotopic (exact) mass is 351 g/mol. The van der Waals surface area contributed by atoms with Crippen molar-refractivity contribution in [2.45, 2.75) is 17.7 Å². The van der Waals surface area contributed by atoms with Gasteiger partial charge in [-0.3, -0.25) is 4.79 Å². The van der Waals surface area contributed by atoms with Crippen LogP contribution < -0.4 is 9.88 Å². The predicted octanol–water partition coefficient (Wildman–Crippen LogP) is 1.23. The maximum Gasteiger partial charge on any atom is 0.309 e. The van der Waals surface area contributed by atoms with Gasteiger partial charge in [-0.05, 0) is 31.0 Å². The number of oxazole rings is 1. The zero-order valence-electron chi connectivity index (χ0n) is 13.1. The number of hydrogen-bond acceptors (Lipinski definition) is 6. The molecule has 1 aliphatic rings. The largest absolute Gasteiger partial charge is 0.495 e. The van der Waals surface area contributed by atoms with Crippen molar-refractivity contribution in [3.63, 3.8) is 0 Å². The first kappa shape index (κ1) is 16.5. The van der Waals surface area contributed by atoms with Crippen molar-refractivity contribution < 1.29 is 22.4 Å². The number of amides is 1. The molecule has 1 saturated heterocycles. The minimum absolute atomic E-state index is 0.0140. The van der Waals surface area contributed by atoms with Gasteiger partial charge in [-0.2, -0.15) is 0 Å². The number of rotatable bonds is 4. The van der Waals surface area contributed by atoms with E-state index in [4.69, 9.17) is 14.3 Å². The van der Waals surface area contributed by atoms with Gasteiger partial charge in [0, 0.05) is 18.7 Å². The zero-order chi connectivity index (χ0) is 17.3. The molecule has 2 N–H and O–H groups in total. The summed E-state index contributed by atoms with van der Waals surface area (Å²) in [4.78, 5) is 17.8. The van der Waals surface area contributed by atoms with E-state index in [2.05, 4.69) is 4.98 Å². The molecule has 1 aromatic heterocycles. The molecule has 0 aliphatic carbocycles. The lowest BCUT2D eigenvalue weighted by atomic mass is 10.2. The first-order valence-corrected chi connectivity index (χ1v) is 8.91. The Labute approximate surface area is 139 Å². The number of ether oxygens (including phenoxy) is 1. The number of sulfonamides is 1. The van der Waals surface area contributed by atoms with Gasteiger partial charge < -0.3 is 14.1 Å². The minimum atomic E-state index is -3.96. The van der Waals surface area contributed by atoms with E-state index in [1.165, 1.54) is 25.4 Å². The number of primary sulfonamides is 1. The average molecular weight is 351 g/mol. The Balaban J connectivity index is 1.94. The number of nitrogens with two attached hydrogens (primary N) is 1. The number of aromatic nitrogens is 1. The Hall–Kier alpha value is -2.39. The molecule has 1 fully saturated rings. The fourth-order valence-corrected chi connectivity index (χ4v) is 3.34. The summed E-state index contributed by atoms with van der Waals surface area (Å²) in [6, 6.07) is 4.41. The summed E-state index contributed by atoms with van der Waals surface area (Å²) in [5.41, 5.74) is 0.438. The van der Waals surface area contributed by atoms with Crippen LogP contribution in [0.5, 0.6) is 5.75 Å². The Morgan fingerprint density at radius 2 is 2.04 bits per heavy atom. The van der Waals surface area contributed by atoms with E-state index < -0.39 is 10.0 Å². The van der Waals surface area contributed by atoms with E-state index >= 15 is 0 Å². The van der Waals surface area contributed by atoms with Crippen LogP contribution in [0.2, 0.25) is 0 Å². The molecule has 0 atom stereocenters. The lowest BCUT2D eigenvalue weighted by Crippen LogP contribution is -2.27. The average Bonchev–Trinajstić information content (AvgIpc) is 3.24. The number of carbonyl (C=O) groups excluding carboxylic acids is 1. The maximum absolute atomic E-state index is 12.3. The second-order valence-electron chi connectivity index (χ2n) is 5.44. The van der Waals surface area contributed by atoms with Crippen LogP contribution >= 0.6 is 0 Å². The lowest BCUT2D eigenvalue weighted by Gasteiger charge is -2.11. The highest BCUT2D eigenvalue weighted by molar-refractivity contribution is 7.89. The van der Waals surface area contributed by atoms with Crippen molar-refractivity contribution in [1.29, 1.82) is 0 Å². The van der Waals surface area contributed by atoms with Gasteiger partial charge in [0.15, 0.2) is 5.76 Å². The van der Waals surface area contributed by atoms with Crippen LogP contribution in [0, 0.1) is 0 Å². The summed E-state index contributed by atoms with van der Waals surface area (Å²) in [5, 5.41) is 5.20. The molecule has 0 unspecified atom stereocenters. The zero-order valence-corrected chi connectivity index (χ0v) is 13.9. The predicted molar refractivity (Wildman–Crippen MR) is 85.0 cm³/mol. The van der Waals surface area contributed by atoms with Crippen LogP contribution in [-0.2, 0) is 10.0 Å². The van der Waals surface area contributed by atoms with Gasteiger partial charge >= 0.3 is 5.91 Å². The normalized spacial score (nSPS) is 14.8. The molecular formula is C15H17N3O5S. The molecule has 128 valence electrons. The smallest absolute Gasteiger partial charge is 0.309 e. The molecule has 2 heterocycles. The third-order valence-electron chi connectivity index (χ3n) is 3.84. The van der Waals surface area contributed by atoms with Crippen LogP contribution in [0.25, 0.3) is 11.3 Å². The summed E-state index contributed by atoms with van der Waals surface area (Å²) in [6.45, 7) is 1.38. The van der Waals surface area contributed by atoms with Crippen LogP contribution in [0.1, 0.15) is 23.5 Å². The molecule has 0 saturated carbocycles. The minimum Gasteiger partial charge on any atom is -0.495 e. The molecule has 9 heteroatoms. The molecule has 8 nitrogen and oxygen atoms in total. The van der Waals surface area contributed by atoms with E-state index in [1.807, 2.05) is 0 Å². The highest BCUT2D eigenvalue weighted by Crippen LogP contribution is 2.30. The van der Waals surface area contributed by atoms with Gasteiger partial charge in [-0.25, -0.2) is 18.5 Å². The summed E-state index contributed by atoms with van der Waals surface area (Å²) in [5.74, 6) is 0.137. The molecule has 0 spiro atoms. The molecule has 1 aromatic carbocycles. The van der Waals surface area contributed by atoms with Crippen LogP contribution in [-0.4, -0.2) is 44.4 Å². The second kappa shape index (κ2) is 6.25. The first-order chi connectivity index (χ1) is 11.4. The van der Waals surface area contributed by atoms with Crippen LogP contribution in [0.3, 0.4) is 0 Å². The lowest BCUT2D eigenvalue weighted by molar-refractivity contribution is 0.0754. The molecule has 0 bridgehead atoms. The van der Waals surface area contributed by atoms with Crippen molar-refractivity contribution in [3.8, 4) is 17.1 Å². The first-order valence-electron chi connectivity index (χ1n) is 7.36. The van der Waals surface area contributed by atoms with E-state index in [0.717, 1.165) is 12.8 Å². The Kier molecular flexibility index (Phi) is 4.29. The van der Waals surface area contributed by atoms with E-state index in [9.17, 15) is 13.2 Å². The Bertz CT molecular complexity index is 869. The van der Waals surface area contributed by atoms with Gasteiger partial charge in [0.1, 0.15) is 10.6 Å². The highest BCUT2D eigenvalue weighted by atomic mass is 32.2. The van der Waals surface area contributed by atoms with Gasteiger partial charge in [0.25, 0.3) is 5.89 Å². The molecule has 1 aliphatic heterocycles. The molecular weight excluding hydrogens is 334 g/mol. The quantitative estimate of drug-likeness (QED) is 0.886. The van der Waals surface area contributed by atoms with Gasteiger partial charge in [-0.15, -0.1) is 0 Å². The third-order valence-corrected chi connectivity index (χ3v) is 4.77. The Morgan fingerprint density at radius 3 is 2.67 bits per heavy atom. The van der Waals surface area contributed by atoms with Gasteiger partial charge in [0.2, 0.25) is 10.0 Å². The molecule has 2 aromatic rings. The van der Waals surface area contributed by atoms with E-state index in [0.29, 0.717) is 18.7 Å². The summed E-state index contributed by atoms with van der Waals surface area (Å²) >= 11 is 0. The number of hydrogen-bond donors (Lipinski definition) is 1.